The molecular weight excluding hydrogens is 353 g/mol. The molecule has 2 fully saturated rings. The molecule has 2 N–H and O–H groups in total. The first-order valence-corrected chi connectivity index (χ1v) is 8.63. The number of allylic oxidation sites excluding steroid dienone is 1. The van der Waals surface area contributed by atoms with Gasteiger partial charge in [0.15, 0.2) is 0 Å². The van der Waals surface area contributed by atoms with Crippen molar-refractivity contribution >= 4 is 12.0 Å². The van der Waals surface area contributed by atoms with Crippen LogP contribution < -0.4 is 5.32 Å². The maximum Gasteiger partial charge on any atom is 0.411 e. The molecule has 0 aromatic carbocycles. The topological polar surface area (TPSA) is 78.9 Å². The molecule has 2 amide bonds. The number of aliphatic hydroxyl groups excluding tert-OH is 1. The zero-order valence-corrected chi connectivity index (χ0v) is 14.9. The number of nitrogens with zero attached hydrogens (tertiary/aromatic N) is 1. The molecule has 146 valence electrons. The van der Waals surface area contributed by atoms with Crippen molar-refractivity contribution in [1.82, 2.24) is 10.2 Å². The third kappa shape index (κ3) is 3.67. The molecule has 1 saturated carbocycles. The van der Waals surface area contributed by atoms with E-state index < -0.39 is 42.3 Å². The van der Waals surface area contributed by atoms with Crippen LogP contribution in [0, 0.1) is 11.8 Å². The van der Waals surface area contributed by atoms with Crippen molar-refractivity contribution in [3.05, 3.63) is 11.3 Å². The Kier molecular flexibility index (Phi) is 4.49. The zero-order chi connectivity index (χ0) is 19.4. The van der Waals surface area contributed by atoms with Crippen LogP contribution in [0.1, 0.15) is 40.0 Å². The quantitative estimate of drug-likeness (QED) is 0.775. The molecule has 3 aliphatic rings. The van der Waals surface area contributed by atoms with Gasteiger partial charge in [-0.15, -0.1) is 0 Å². The Balaban J connectivity index is 1.75. The third-order valence-electron chi connectivity index (χ3n) is 5.02. The summed E-state index contributed by atoms with van der Waals surface area (Å²) in [6, 6.07) is -0.646. The van der Waals surface area contributed by atoms with E-state index >= 15 is 0 Å². The van der Waals surface area contributed by atoms with Crippen molar-refractivity contribution in [2.45, 2.75) is 64.0 Å². The van der Waals surface area contributed by atoms with Gasteiger partial charge >= 0.3 is 12.3 Å². The van der Waals surface area contributed by atoms with Gasteiger partial charge in [0.05, 0.1) is 12.1 Å². The van der Waals surface area contributed by atoms with Crippen molar-refractivity contribution < 1.29 is 32.6 Å². The Morgan fingerprint density at radius 1 is 1.31 bits per heavy atom. The normalized spacial score (nSPS) is 30.7. The van der Waals surface area contributed by atoms with Crippen LogP contribution in [0.15, 0.2) is 11.3 Å². The minimum atomic E-state index is -4.57. The average Bonchev–Trinajstić information content (AvgIpc) is 2.40. The molecule has 26 heavy (non-hydrogen) atoms. The number of likely N-dealkylation sites (tertiary alicyclic amines) is 1. The van der Waals surface area contributed by atoms with E-state index in [1.165, 1.54) is 4.90 Å². The van der Waals surface area contributed by atoms with E-state index in [4.69, 9.17) is 4.74 Å². The third-order valence-corrected chi connectivity index (χ3v) is 5.02. The number of ether oxygens (including phenoxy) is 1. The minimum absolute atomic E-state index is 0.0466. The molecule has 0 spiro atoms. The summed E-state index contributed by atoms with van der Waals surface area (Å²) in [4.78, 5) is 25.2. The SMILES string of the molecule is CC(C)(C)OC(=O)NC1=C2[C@H](O)C3[C@H]2CC(C1)CN3C(=O)CC(F)(F)F. The molecule has 1 saturated heterocycles. The lowest BCUT2D eigenvalue weighted by molar-refractivity contribution is -0.172. The van der Waals surface area contributed by atoms with Crippen molar-refractivity contribution in [2.24, 2.45) is 11.8 Å². The Labute approximate surface area is 149 Å². The molecule has 4 atom stereocenters. The Hall–Kier alpha value is -1.77. The van der Waals surface area contributed by atoms with E-state index in [1.54, 1.807) is 20.8 Å². The summed E-state index contributed by atoms with van der Waals surface area (Å²) >= 11 is 0. The second-order valence-corrected chi connectivity index (χ2v) is 8.25. The first kappa shape index (κ1) is 19.0. The summed E-state index contributed by atoms with van der Waals surface area (Å²) in [7, 11) is 0. The largest absolute Gasteiger partial charge is 0.444 e. The van der Waals surface area contributed by atoms with Crippen LogP contribution >= 0.6 is 0 Å². The highest BCUT2D eigenvalue weighted by atomic mass is 19.4. The summed E-state index contributed by atoms with van der Waals surface area (Å²) in [5.74, 6) is -1.26. The van der Waals surface area contributed by atoms with Crippen LogP contribution in [0.5, 0.6) is 0 Å². The van der Waals surface area contributed by atoms with E-state index in [0.717, 1.165) is 0 Å². The van der Waals surface area contributed by atoms with E-state index in [0.29, 0.717) is 24.1 Å². The number of nitrogens with one attached hydrogen (secondary N) is 1. The van der Waals surface area contributed by atoms with Crippen molar-refractivity contribution in [3.8, 4) is 0 Å². The van der Waals surface area contributed by atoms with Crippen LogP contribution in [0.4, 0.5) is 18.0 Å². The van der Waals surface area contributed by atoms with Gasteiger partial charge in [-0.25, -0.2) is 4.79 Å². The van der Waals surface area contributed by atoms with Crippen LogP contribution in [-0.4, -0.2) is 52.5 Å². The number of aliphatic hydroxyl groups is 1. The fourth-order valence-electron chi connectivity index (χ4n) is 4.22. The summed E-state index contributed by atoms with van der Waals surface area (Å²) in [5, 5.41) is 13.1. The van der Waals surface area contributed by atoms with Crippen molar-refractivity contribution in [2.75, 3.05) is 6.54 Å². The highest BCUT2D eigenvalue weighted by molar-refractivity contribution is 5.78. The maximum atomic E-state index is 12.5. The van der Waals surface area contributed by atoms with Gasteiger partial charge in [-0.1, -0.05) is 0 Å². The maximum absolute atomic E-state index is 12.5. The Morgan fingerprint density at radius 2 is 1.96 bits per heavy atom. The van der Waals surface area contributed by atoms with Gasteiger partial charge in [0.2, 0.25) is 5.91 Å². The number of fused-ring (bicyclic) bond motifs is 1. The molecule has 9 heteroatoms. The molecule has 6 nitrogen and oxygen atoms in total. The van der Waals surface area contributed by atoms with Gasteiger partial charge in [-0.3, -0.25) is 10.1 Å². The molecule has 1 heterocycles. The van der Waals surface area contributed by atoms with E-state index in [2.05, 4.69) is 5.32 Å². The number of alkyl halides is 3. The number of carbonyl (C=O) groups excluding carboxylic acids is 2. The lowest BCUT2D eigenvalue weighted by atomic mass is 9.59. The van der Waals surface area contributed by atoms with Gasteiger partial charge in [0.1, 0.15) is 12.0 Å². The van der Waals surface area contributed by atoms with E-state index in [-0.39, 0.29) is 18.4 Å². The lowest BCUT2D eigenvalue weighted by Crippen LogP contribution is -2.67. The number of hydrogen-bond donors (Lipinski definition) is 2. The number of piperidine rings is 1. The highest BCUT2D eigenvalue weighted by Gasteiger charge is 2.57. The fraction of sp³-hybridized carbons (Fsp3) is 0.765. The minimum Gasteiger partial charge on any atom is -0.444 e. The molecule has 2 aliphatic carbocycles. The molecule has 0 aromatic heterocycles. The zero-order valence-electron chi connectivity index (χ0n) is 14.9. The van der Waals surface area contributed by atoms with Crippen LogP contribution in [0.2, 0.25) is 0 Å². The van der Waals surface area contributed by atoms with Gasteiger partial charge in [-0.2, -0.15) is 13.2 Å². The summed E-state index contributed by atoms with van der Waals surface area (Å²) < 4.78 is 42.9. The predicted molar refractivity (Wildman–Crippen MR) is 84.8 cm³/mol. The smallest absolute Gasteiger partial charge is 0.411 e. The first-order chi connectivity index (χ1) is 11.9. The van der Waals surface area contributed by atoms with Crippen LogP contribution in [0.3, 0.4) is 0 Å². The molecule has 2 unspecified atom stereocenters. The second kappa shape index (κ2) is 6.14. The monoisotopic (exact) mass is 376 g/mol. The van der Waals surface area contributed by atoms with Crippen LogP contribution in [-0.2, 0) is 9.53 Å². The molecule has 1 aliphatic heterocycles. The van der Waals surface area contributed by atoms with E-state index in [1.807, 2.05) is 0 Å². The number of amides is 2. The number of alkyl carbamates (subject to hydrolysis) is 1. The Bertz CT molecular complexity index is 653. The predicted octanol–water partition coefficient (Wildman–Crippen LogP) is 2.33. The number of rotatable bonds is 2. The summed E-state index contributed by atoms with van der Waals surface area (Å²) in [6.07, 6.45) is -6.67. The Morgan fingerprint density at radius 3 is 2.54 bits per heavy atom. The molecular formula is C17H23F3N2O4. The average molecular weight is 376 g/mol. The lowest BCUT2D eigenvalue weighted by Gasteiger charge is -2.58. The summed E-state index contributed by atoms with van der Waals surface area (Å²) in [6.45, 7) is 5.36. The number of halogens is 3. The van der Waals surface area contributed by atoms with E-state index in [9.17, 15) is 27.9 Å². The molecule has 0 radical (unpaired) electrons. The van der Waals surface area contributed by atoms with Crippen molar-refractivity contribution in [3.63, 3.8) is 0 Å². The fourth-order valence-corrected chi connectivity index (χ4v) is 4.22. The summed E-state index contributed by atoms with van der Waals surface area (Å²) in [5.41, 5.74) is 0.523. The highest BCUT2D eigenvalue weighted by Crippen LogP contribution is 2.52. The molecule has 0 aromatic rings. The molecule has 2 bridgehead atoms. The first-order valence-electron chi connectivity index (χ1n) is 8.63. The second-order valence-electron chi connectivity index (χ2n) is 8.25. The van der Waals surface area contributed by atoms with Crippen molar-refractivity contribution in [1.29, 1.82) is 0 Å². The number of hydrogen-bond acceptors (Lipinski definition) is 4. The standard InChI is InChI=1S/C17H23F3N2O4/c1-16(2,3)26-15(25)21-10-5-8-4-9-12(10)14(24)13(9)22(7-8)11(23)6-17(18,19)20/h8-9,13-14,24H,4-7H2,1-3H3,(H,21,25)/t8?,9-,13?,14-/m0/s1. The van der Waals surface area contributed by atoms with Gasteiger partial charge in [0, 0.05) is 18.2 Å². The van der Waals surface area contributed by atoms with Gasteiger partial charge in [0.25, 0.3) is 0 Å². The van der Waals surface area contributed by atoms with Crippen LogP contribution in [0.25, 0.3) is 0 Å². The van der Waals surface area contributed by atoms with Gasteiger partial charge < -0.3 is 14.7 Å². The van der Waals surface area contributed by atoms with Gasteiger partial charge in [-0.05, 0) is 45.1 Å². The number of carbonyl (C=O) groups is 2. The molecule has 3 rings (SSSR count).